The van der Waals surface area contributed by atoms with Crippen LogP contribution in [0, 0.1) is 0 Å². The molecule has 0 amide bonds. The Morgan fingerprint density at radius 1 is 1.58 bits per heavy atom. The number of nitrogens with one attached hydrogen (secondary N) is 1. The fourth-order valence-corrected chi connectivity index (χ4v) is 1.13. The van der Waals surface area contributed by atoms with Crippen molar-refractivity contribution in [1.82, 2.24) is 5.32 Å². The van der Waals surface area contributed by atoms with E-state index in [0.29, 0.717) is 6.54 Å². The molecule has 0 aliphatic heterocycles. The molecule has 1 atom stereocenters. The van der Waals surface area contributed by atoms with Gasteiger partial charge in [0.2, 0.25) is 0 Å². The van der Waals surface area contributed by atoms with E-state index >= 15 is 0 Å². The predicted octanol–water partition coefficient (Wildman–Crippen LogP) is 0.542. The Hall–Kier alpha value is -0.170. The SMILES string of the molecule is CCCCNC(C)OS(=O)(=O)O. The number of unbranched alkanes of at least 4 members (excludes halogenated alkanes) is 1. The van der Waals surface area contributed by atoms with Crippen LogP contribution in [0.2, 0.25) is 0 Å². The molecule has 6 heteroatoms. The highest BCUT2D eigenvalue weighted by atomic mass is 32.3. The molecule has 0 saturated carbocycles. The van der Waals surface area contributed by atoms with Crippen LogP contribution >= 0.6 is 0 Å². The first-order valence-electron chi connectivity index (χ1n) is 3.84. The van der Waals surface area contributed by atoms with E-state index in [-0.39, 0.29) is 0 Å². The van der Waals surface area contributed by atoms with Gasteiger partial charge in [0.15, 0.2) is 0 Å². The van der Waals surface area contributed by atoms with Gasteiger partial charge < -0.3 is 0 Å². The molecule has 12 heavy (non-hydrogen) atoms. The first kappa shape index (κ1) is 11.8. The van der Waals surface area contributed by atoms with Crippen molar-refractivity contribution < 1.29 is 17.2 Å². The molecule has 0 bridgehead atoms. The van der Waals surface area contributed by atoms with Gasteiger partial charge >= 0.3 is 10.4 Å². The highest BCUT2D eigenvalue weighted by molar-refractivity contribution is 7.80. The fourth-order valence-electron chi connectivity index (χ4n) is 0.699. The molecule has 0 spiro atoms. The summed E-state index contributed by atoms with van der Waals surface area (Å²) >= 11 is 0. The van der Waals surface area contributed by atoms with E-state index in [9.17, 15) is 8.42 Å². The summed E-state index contributed by atoms with van der Waals surface area (Å²) < 4.78 is 32.8. The van der Waals surface area contributed by atoms with E-state index in [1.165, 1.54) is 6.92 Å². The Morgan fingerprint density at radius 2 is 2.17 bits per heavy atom. The van der Waals surface area contributed by atoms with Crippen LogP contribution in [0.3, 0.4) is 0 Å². The molecule has 0 aliphatic carbocycles. The van der Waals surface area contributed by atoms with Crippen LogP contribution in [0.1, 0.15) is 26.7 Å². The molecule has 0 rings (SSSR count). The van der Waals surface area contributed by atoms with Crippen molar-refractivity contribution in [3.8, 4) is 0 Å². The number of hydrogen-bond donors (Lipinski definition) is 2. The first-order valence-corrected chi connectivity index (χ1v) is 5.21. The van der Waals surface area contributed by atoms with E-state index in [2.05, 4.69) is 9.50 Å². The van der Waals surface area contributed by atoms with Crippen molar-refractivity contribution in [2.24, 2.45) is 0 Å². The fraction of sp³-hybridized carbons (Fsp3) is 1.00. The van der Waals surface area contributed by atoms with Gasteiger partial charge in [0.1, 0.15) is 6.23 Å². The molecule has 0 aromatic rings. The smallest absolute Gasteiger partial charge is 0.291 e. The van der Waals surface area contributed by atoms with Crippen LogP contribution in [0.5, 0.6) is 0 Å². The maximum atomic E-state index is 10.2. The third-order valence-corrected chi connectivity index (χ3v) is 1.76. The van der Waals surface area contributed by atoms with Crippen molar-refractivity contribution >= 4 is 10.4 Å². The molecule has 0 heterocycles. The average Bonchev–Trinajstić information content (AvgIpc) is 1.84. The summed E-state index contributed by atoms with van der Waals surface area (Å²) in [6, 6.07) is 0. The normalized spacial score (nSPS) is 14.6. The van der Waals surface area contributed by atoms with Crippen molar-refractivity contribution in [3.63, 3.8) is 0 Å². The highest BCUT2D eigenvalue weighted by Gasteiger charge is 2.10. The lowest BCUT2D eigenvalue weighted by atomic mass is 10.3. The number of rotatable bonds is 6. The van der Waals surface area contributed by atoms with Gasteiger partial charge in [-0.3, -0.25) is 9.87 Å². The van der Waals surface area contributed by atoms with Gasteiger partial charge in [-0.05, 0) is 19.9 Å². The van der Waals surface area contributed by atoms with Crippen molar-refractivity contribution in [3.05, 3.63) is 0 Å². The standard InChI is InChI=1S/C6H15NO4S/c1-3-4-5-7-6(2)11-12(8,9)10/h6-7H,3-5H2,1-2H3,(H,8,9,10). The lowest BCUT2D eigenvalue weighted by Gasteiger charge is -2.10. The minimum Gasteiger partial charge on any atom is -0.291 e. The second-order valence-corrected chi connectivity index (χ2v) is 3.52. The Bertz CT molecular complexity index is 202. The van der Waals surface area contributed by atoms with Crippen molar-refractivity contribution in [2.75, 3.05) is 6.54 Å². The zero-order valence-electron chi connectivity index (χ0n) is 7.28. The van der Waals surface area contributed by atoms with Crippen LogP contribution in [0.15, 0.2) is 0 Å². The van der Waals surface area contributed by atoms with E-state index in [0.717, 1.165) is 12.8 Å². The first-order chi connectivity index (χ1) is 5.45. The molecule has 0 aliphatic rings. The van der Waals surface area contributed by atoms with E-state index in [1.54, 1.807) is 0 Å². The maximum Gasteiger partial charge on any atom is 0.398 e. The summed E-state index contributed by atoms with van der Waals surface area (Å²) in [4.78, 5) is 0. The summed E-state index contributed by atoms with van der Waals surface area (Å²) in [6.07, 6.45) is 1.29. The molecule has 5 nitrogen and oxygen atoms in total. The van der Waals surface area contributed by atoms with E-state index in [1.807, 2.05) is 6.92 Å². The van der Waals surface area contributed by atoms with Crippen molar-refractivity contribution in [1.29, 1.82) is 0 Å². The largest absolute Gasteiger partial charge is 0.398 e. The van der Waals surface area contributed by atoms with Crippen LogP contribution in [-0.4, -0.2) is 25.7 Å². The lowest BCUT2D eigenvalue weighted by Crippen LogP contribution is -2.31. The Morgan fingerprint density at radius 3 is 2.58 bits per heavy atom. The van der Waals surface area contributed by atoms with E-state index < -0.39 is 16.6 Å². The molecule has 0 fully saturated rings. The van der Waals surface area contributed by atoms with Crippen molar-refractivity contribution in [2.45, 2.75) is 32.9 Å². The molecule has 2 N–H and O–H groups in total. The molecular weight excluding hydrogens is 182 g/mol. The van der Waals surface area contributed by atoms with Gasteiger partial charge in [0, 0.05) is 0 Å². The second kappa shape index (κ2) is 5.47. The highest BCUT2D eigenvalue weighted by Crippen LogP contribution is 1.93. The molecule has 1 unspecified atom stereocenters. The topological polar surface area (TPSA) is 75.6 Å². The number of hydrogen-bond acceptors (Lipinski definition) is 4. The summed E-state index contributed by atoms with van der Waals surface area (Å²) in [5.41, 5.74) is 0. The zero-order chi connectivity index (χ0) is 9.61. The molecule has 0 aromatic carbocycles. The third kappa shape index (κ3) is 7.93. The van der Waals surface area contributed by atoms with Gasteiger partial charge in [-0.25, -0.2) is 4.18 Å². The van der Waals surface area contributed by atoms with E-state index in [4.69, 9.17) is 4.55 Å². The van der Waals surface area contributed by atoms with Crippen LogP contribution in [-0.2, 0) is 14.6 Å². The summed E-state index contributed by atoms with van der Waals surface area (Å²) in [5, 5.41) is 2.78. The van der Waals surface area contributed by atoms with Gasteiger partial charge in [-0.15, -0.1) is 0 Å². The van der Waals surface area contributed by atoms with Gasteiger partial charge in [-0.1, -0.05) is 13.3 Å². The molecular formula is C6H15NO4S. The summed E-state index contributed by atoms with van der Waals surface area (Å²) in [6.45, 7) is 4.21. The van der Waals surface area contributed by atoms with Crippen LogP contribution in [0.25, 0.3) is 0 Å². The quantitative estimate of drug-likeness (QED) is 0.369. The minimum atomic E-state index is -4.32. The predicted molar refractivity (Wildman–Crippen MR) is 45.0 cm³/mol. The molecule has 0 saturated heterocycles. The van der Waals surface area contributed by atoms with Gasteiger partial charge in [0.25, 0.3) is 0 Å². The average molecular weight is 197 g/mol. The second-order valence-electron chi connectivity index (χ2n) is 2.47. The molecule has 74 valence electrons. The van der Waals surface area contributed by atoms with Gasteiger partial charge in [0.05, 0.1) is 0 Å². The van der Waals surface area contributed by atoms with Gasteiger partial charge in [-0.2, -0.15) is 8.42 Å². The monoisotopic (exact) mass is 197 g/mol. The third-order valence-electron chi connectivity index (χ3n) is 1.23. The summed E-state index contributed by atoms with van der Waals surface area (Å²) in [5.74, 6) is 0. The Kier molecular flexibility index (Phi) is 5.39. The Labute approximate surface area is 73.1 Å². The minimum absolute atomic E-state index is 0.674. The van der Waals surface area contributed by atoms with Crippen LogP contribution < -0.4 is 5.32 Å². The lowest BCUT2D eigenvalue weighted by molar-refractivity contribution is 0.165. The molecule has 0 aromatic heterocycles. The Balaban J connectivity index is 3.53. The maximum absolute atomic E-state index is 10.2. The molecule has 0 radical (unpaired) electrons. The van der Waals surface area contributed by atoms with Crippen LogP contribution in [0.4, 0.5) is 0 Å². The zero-order valence-corrected chi connectivity index (χ0v) is 8.10. The summed E-state index contributed by atoms with van der Waals surface area (Å²) in [7, 11) is -4.32.